The fourth-order valence-electron chi connectivity index (χ4n) is 3.45. The van der Waals surface area contributed by atoms with Gasteiger partial charge in [-0.05, 0) is 57.2 Å². The first kappa shape index (κ1) is 21.2. The van der Waals surface area contributed by atoms with Crippen molar-refractivity contribution in [2.45, 2.75) is 52.2 Å². The summed E-state index contributed by atoms with van der Waals surface area (Å²) in [5, 5.41) is 2.91. The SMILES string of the molecule is CC(C)(C)OC(=O)N[C@@H](c1ncc(-c2cc(F)ccc2F)[nH]1)C1(C)CCOCC1. The van der Waals surface area contributed by atoms with Crippen LogP contribution < -0.4 is 5.32 Å². The Bertz CT molecular complexity index is 870. The fraction of sp³-hybridized carbons (Fsp3) is 0.524. The van der Waals surface area contributed by atoms with E-state index in [1.165, 1.54) is 6.20 Å². The first-order valence-corrected chi connectivity index (χ1v) is 9.65. The summed E-state index contributed by atoms with van der Waals surface area (Å²) in [4.78, 5) is 19.9. The van der Waals surface area contributed by atoms with Crippen molar-refractivity contribution in [2.24, 2.45) is 5.41 Å². The summed E-state index contributed by atoms with van der Waals surface area (Å²) < 4.78 is 38.7. The second-order valence-electron chi connectivity index (χ2n) is 8.65. The van der Waals surface area contributed by atoms with E-state index >= 15 is 0 Å². The summed E-state index contributed by atoms with van der Waals surface area (Å²) in [5.41, 5.74) is -0.574. The lowest BCUT2D eigenvalue weighted by molar-refractivity contribution is -0.00413. The molecule has 29 heavy (non-hydrogen) atoms. The van der Waals surface area contributed by atoms with Gasteiger partial charge in [-0.15, -0.1) is 0 Å². The first-order valence-electron chi connectivity index (χ1n) is 9.65. The Kier molecular flexibility index (Phi) is 5.93. The number of halogens is 2. The highest BCUT2D eigenvalue weighted by Crippen LogP contribution is 2.42. The zero-order valence-corrected chi connectivity index (χ0v) is 17.1. The summed E-state index contributed by atoms with van der Waals surface area (Å²) in [6.07, 6.45) is 2.29. The number of alkyl carbamates (subject to hydrolysis) is 1. The molecule has 1 aliphatic rings. The number of nitrogens with zero attached hydrogens (tertiary/aromatic N) is 1. The van der Waals surface area contributed by atoms with Crippen molar-refractivity contribution in [2.75, 3.05) is 13.2 Å². The van der Waals surface area contributed by atoms with Crippen LogP contribution >= 0.6 is 0 Å². The molecule has 0 radical (unpaired) electrons. The van der Waals surface area contributed by atoms with Crippen LogP contribution in [0.25, 0.3) is 11.3 Å². The molecule has 2 aromatic rings. The van der Waals surface area contributed by atoms with Gasteiger partial charge >= 0.3 is 6.09 Å². The predicted octanol–water partition coefficient (Wildman–Crippen LogP) is 4.74. The number of H-pyrrole nitrogens is 1. The molecule has 0 bridgehead atoms. The molecule has 0 saturated carbocycles. The highest BCUT2D eigenvalue weighted by Gasteiger charge is 2.40. The minimum Gasteiger partial charge on any atom is -0.444 e. The number of benzene rings is 1. The molecule has 0 spiro atoms. The van der Waals surface area contributed by atoms with E-state index in [0.717, 1.165) is 18.2 Å². The lowest BCUT2D eigenvalue weighted by atomic mass is 9.75. The normalized spacial score (nSPS) is 17.6. The number of carbonyl (C=O) groups is 1. The Morgan fingerprint density at radius 1 is 1.31 bits per heavy atom. The van der Waals surface area contributed by atoms with Crippen LogP contribution in [0.2, 0.25) is 0 Å². The van der Waals surface area contributed by atoms with Gasteiger partial charge in [-0.3, -0.25) is 0 Å². The average molecular weight is 407 g/mol. The molecule has 158 valence electrons. The number of aromatic amines is 1. The predicted molar refractivity (Wildman–Crippen MR) is 104 cm³/mol. The van der Waals surface area contributed by atoms with Crippen molar-refractivity contribution in [1.82, 2.24) is 15.3 Å². The van der Waals surface area contributed by atoms with Crippen LogP contribution in [0.1, 0.15) is 52.4 Å². The number of carbonyl (C=O) groups excluding carboxylic acids is 1. The van der Waals surface area contributed by atoms with Gasteiger partial charge < -0.3 is 19.8 Å². The number of hydrogen-bond acceptors (Lipinski definition) is 4. The minimum absolute atomic E-state index is 0.0805. The monoisotopic (exact) mass is 407 g/mol. The third kappa shape index (κ3) is 5.12. The number of amides is 1. The van der Waals surface area contributed by atoms with Gasteiger partial charge in [0, 0.05) is 18.8 Å². The largest absolute Gasteiger partial charge is 0.444 e. The Morgan fingerprint density at radius 3 is 2.66 bits per heavy atom. The fourth-order valence-corrected chi connectivity index (χ4v) is 3.45. The van der Waals surface area contributed by atoms with Crippen LogP contribution in [0.4, 0.5) is 13.6 Å². The maximum Gasteiger partial charge on any atom is 0.408 e. The molecule has 1 amide bonds. The molecule has 0 aliphatic carbocycles. The molecule has 8 heteroatoms. The zero-order chi connectivity index (χ0) is 21.2. The number of hydrogen-bond donors (Lipinski definition) is 2. The number of ether oxygens (including phenoxy) is 2. The van der Waals surface area contributed by atoms with Gasteiger partial charge in [-0.25, -0.2) is 18.6 Å². The lowest BCUT2D eigenvalue weighted by Gasteiger charge is -2.40. The highest BCUT2D eigenvalue weighted by atomic mass is 19.1. The maximum absolute atomic E-state index is 14.2. The van der Waals surface area contributed by atoms with E-state index in [0.29, 0.717) is 37.6 Å². The van der Waals surface area contributed by atoms with E-state index in [4.69, 9.17) is 9.47 Å². The van der Waals surface area contributed by atoms with Gasteiger partial charge in [0.2, 0.25) is 0 Å². The average Bonchev–Trinajstić information content (AvgIpc) is 3.10. The van der Waals surface area contributed by atoms with Gasteiger partial charge in [0.15, 0.2) is 0 Å². The van der Waals surface area contributed by atoms with E-state index in [-0.39, 0.29) is 11.0 Å². The van der Waals surface area contributed by atoms with Crippen LogP contribution in [-0.2, 0) is 9.47 Å². The number of imidazole rings is 1. The van der Waals surface area contributed by atoms with Gasteiger partial charge in [-0.2, -0.15) is 0 Å². The number of rotatable bonds is 4. The molecule has 6 nitrogen and oxygen atoms in total. The van der Waals surface area contributed by atoms with Gasteiger partial charge in [0.1, 0.15) is 23.1 Å². The van der Waals surface area contributed by atoms with Gasteiger partial charge in [-0.1, -0.05) is 6.92 Å². The van der Waals surface area contributed by atoms with Gasteiger partial charge in [0.05, 0.1) is 17.9 Å². The molecule has 1 atom stereocenters. The van der Waals surface area contributed by atoms with E-state index in [9.17, 15) is 13.6 Å². The topological polar surface area (TPSA) is 76.2 Å². The molecule has 3 rings (SSSR count). The molecule has 0 unspecified atom stereocenters. The van der Waals surface area contributed by atoms with Crippen LogP contribution in [0.15, 0.2) is 24.4 Å². The molecular formula is C21H27F2N3O3. The molecule has 1 aliphatic heterocycles. The lowest BCUT2D eigenvalue weighted by Crippen LogP contribution is -2.44. The smallest absolute Gasteiger partial charge is 0.408 e. The standard InChI is InChI=1S/C21H27F2N3O3/c1-20(2,3)29-19(27)26-17(21(4)7-9-28-10-8-21)18-24-12-16(25-18)14-11-13(22)5-6-15(14)23/h5-6,11-12,17H,7-10H2,1-4H3,(H,24,25)(H,26,27)/t17-/m0/s1. The molecule has 1 saturated heterocycles. The van der Waals surface area contributed by atoms with E-state index in [2.05, 4.69) is 15.3 Å². The van der Waals surface area contributed by atoms with Crippen LogP contribution in [0.5, 0.6) is 0 Å². The van der Waals surface area contributed by atoms with E-state index in [1.807, 2.05) is 6.92 Å². The van der Waals surface area contributed by atoms with Crippen LogP contribution in [0.3, 0.4) is 0 Å². The third-order valence-electron chi connectivity index (χ3n) is 5.08. The van der Waals surface area contributed by atoms with Crippen molar-refractivity contribution < 1.29 is 23.0 Å². The van der Waals surface area contributed by atoms with Crippen molar-refractivity contribution in [3.8, 4) is 11.3 Å². The maximum atomic E-state index is 14.2. The van der Waals surface area contributed by atoms with Crippen LogP contribution in [-0.4, -0.2) is 34.9 Å². The van der Waals surface area contributed by atoms with E-state index < -0.39 is 29.4 Å². The second-order valence-corrected chi connectivity index (χ2v) is 8.65. The summed E-state index contributed by atoms with van der Waals surface area (Å²) >= 11 is 0. The molecular weight excluding hydrogens is 380 g/mol. The third-order valence-corrected chi connectivity index (χ3v) is 5.08. The van der Waals surface area contributed by atoms with Crippen molar-refractivity contribution in [1.29, 1.82) is 0 Å². The molecule has 2 N–H and O–H groups in total. The Hall–Kier alpha value is -2.48. The molecule has 1 aromatic carbocycles. The summed E-state index contributed by atoms with van der Waals surface area (Å²) in [5.74, 6) is -0.646. The highest BCUT2D eigenvalue weighted by molar-refractivity contribution is 5.68. The minimum atomic E-state index is -0.649. The van der Waals surface area contributed by atoms with Crippen molar-refractivity contribution >= 4 is 6.09 Å². The molecule has 1 fully saturated rings. The van der Waals surface area contributed by atoms with Crippen molar-refractivity contribution in [3.63, 3.8) is 0 Å². The quantitative estimate of drug-likeness (QED) is 0.768. The molecule has 2 heterocycles. The Labute approximate surface area is 169 Å². The summed E-state index contributed by atoms with van der Waals surface area (Å²) in [6.45, 7) is 8.53. The van der Waals surface area contributed by atoms with Gasteiger partial charge in [0.25, 0.3) is 0 Å². The van der Waals surface area contributed by atoms with Crippen LogP contribution in [0, 0.1) is 17.0 Å². The zero-order valence-electron chi connectivity index (χ0n) is 17.1. The summed E-state index contributed by atoms with van der Waals surface area (Å²) in [7, 11) is 0. The summed E-state index contributed by atoms with van der Waals surface area (Å²) in [6, 6.07) is 2.73. The Morgan fingerprint density at radius 2 is 2.00 bits per heavy atom. The molecule has 1 aromatic heterocycles. The number of nitrogens with one attached hydrogen (secondary N) is 2. The Balaban J connectivity index is 1.93. The van der Waals surface area contributed by atoms with Crippen molar-refractivity contribution in [3.05, 3.63) is 41.9 Å². The second kappa shape index (κ2) is 8.10. The number of aromatic nitrogens is 2. The first-order chi connectivity index (χ1) is 13.6. The van der Waals surface area contributed by atoms with E-state index in [1.54, 1.807) is 20.8 Å².